The summed E-state index contributed by atoms with van der Waals surface area (Å²) in [5.74, 6) is -1.18. The highest BCUT2D eigenvalue weighted by molar-refractivity contribution is 6.07. The molecule has 4 amide bonds. The summed E-state index contributed by atoms with van der Waals surface area (Å²) in [6.07, 6.45) is -2.63. The predicted octanol–water partition coefficient (Wildman–Crippen LogP) is 2.56. The molecule has 1 saturated heterocycles. The van der Waals surface area contributed by atoms with Gasteiger partial charge in [0.15, 0.2) is 0 Å². The maximum atomic E-state index is 12.9. The number of imide groups is 1. The van der Waals surface area contributed by atoms with Crippen molar-refractivity contribution in [2.45, 2.75) is 51.0 Å². The zero-order valence-corrected chi connectivity index (χ0v) is 15.2. The Hall–Kier alpha value is -2.58. The summed E-state index contributed by atoms with van der Waals surface area (Å²) in [5, 5.41) is 4.96. The Morgan fingerprint density at radius 3 is 2.50 bits per heavy atom. The number of urea groups is 1. The van der Waals surface area contributed by atoms with Gasteiger partial charge in [0.1, 0.15) is 5.54 Å². The van der Waals surface area contributed by atoms with Crippen LogP contribution in [0.5, 0.6) is 0 Å². The molecule has 1 aromatic rings. The standard InChI is InChI=1S/C19H20F3N3O3/c1-10(7-18(13-4-5-13)16(27)23-17(28)24-18)15(26)25-8-11-2-3-14(19(20,21)22)6-12(11)9-25/h2-3,6,10,13H,4-5,7-9H2,1H3,(H2,23,24,27,28)/t10-,18+/m1/s1. The summed E-state index contributed by atoms with van der Waals surface area (Å²) in [5.41, 5.74) is -0.620. The first kappa shape index (κ1) is 18.8. The van der Waals surface area contributed by atoms with Crippen molar-refractivity contribution in [1.29, 1.82) is 0 Å². The van der Waals surface area contributed by atoms with E-state index in [2.05, 4.69) is 10.6 Å². The van der Waals surface area contributed by atoms with Crippen LogP contribution < -0.4 is 10.6 Å². The van der Waals surface area contributed by atoms with Crippen LogP contribution in [0, 0.1) is 11.8 Å². The first-order valence-electron chi connectivity index (χ1n) is 9.21. The summed E-state index contributed by atoms with van der Waals surface area (Å²) < 4.78 is 38.7. The van der Waals surface area contributed by atoms with Gasteiger partial charge in [-0.3, -0.25) is 14.9 Å². The smallest absolute Gasteiger partial charge is 0.334 e. The molecular weight excluding hydrogens is 375 g/mol. The second-order valence-corrected chi connectivity index (χ2v) is 7.93. The highest BCUT2D eigenvalue weighted by Crippen LogP contribution is 2.45. The molecule has 0 spiro atoms. The van der Waals surface area contributed by atoms with E-state index in [9.17, 15) is 27.6 Å². The first-order chi connectivity index (χ1) is 13.1. The van der Waals surface area contributed by atoms with Crippen LogP contribution in [0.4, 0.5) is 18.0 Å². The Labute approximate surface area is 159 Å². The number of hydrogen-bond donors (Lipinski definition) is 2. The number of alkyl halides is 3. The Bertz CT molecular complexity index is 866. The molecule has 1 saturated carbocycles. The minimum atomic E-state index is -4.43. The fourth-order valence-electron chi connectivity index (χ4n) is 4.29. The maximum Gasteiger partial charge on any atom is 0.416 e. The fraction of sp³-hybridized carbons (Fsp3) is 0.526. The third-order valence-electron chi connectivity index (χ3n) is 5.86. The predicted molar refractivity (Wildman–Crippen MR) is 91.6 cm³/mol. The zero-order chi connectivity index (χ0) is 20.3. The van der Waals surface area contributed by atoms with E-state index in [1.54, 1.807) is 6.92 Å². The van der Waals surface area contributed by atoms with Gasteiger partial charge in [-0.25, -0.2) is 4.79 Å². The van der Waals surface area contributed by atoms with Gasteiger partial charge >= 0.3 is 12.2 Å². The Balaban J connectivity index is 1.47. The van der Waals surface area contributed by atoms with E-state index >= 15 is 0 Å². The Morgan fingerprint density at radius 1 is 1.25 bits per heavy atom. The monoisotopic (exact) mass is 395 g/mol. The van der Waals surface area contributed by atoms with Gasteiger partial charge in [-0.05, 0) is 48.4 Å². The van der Waals surface area contributed by atoms with Crippen LogP contribution in [0.25, 0.3) is 0 Å². The summed E-state index contributed by atoms with van der Waals surface area (Å²) in [4.78, 5) is 38.4. The first-order valence-corrected chi connectivity index (χ1v) is 9.21. The number of carbonyl (C=O) groups is 3. The van der Waals surface area contributed by atoms with E-state index in [1.165, 1.54) is 11.0 Å². The molecule has 6 nitrogen and oxygen atoms in total. The number of halogens is 3. The molecule has 2 aliphatic heterocycles. The molecule has 150 valence electrons. The number of rotatable bonds is 4. The summed E-state index contributed by atoms with van der Waals surface area (Å²) in [6, 6.07) is 2.97. The van der Waals surface area contributed by atoms with Crippen molar-refractivity contribution in [2.24, 2.45) is 11.8 Å². The molecule has 2 N–H and O–H groups in total. The average Bonchev–Trinajstić information content (AvgIpc) is 3.31. The van der Waals surface area contributed by atoms with Crippen LogP contribution in [-0.4, -0.2) is 28.3 Å². The molecule has 3 aliphatic rings. The second kappa shape index (κ2) is 6.22. The third-order valence-corrected chi connectivity index (χ3v) is 5.86. The number of nitrogens with zero attached hydrogens (tertiary/aromatic N) is 1. The molecule has 2 fully saturated rings. The zero-order valence-electron chi connectivity index (χ0n) is 15.2. The molecule has 0 radical (unpaired) electrons. The lowest BCUT2D eigenvalue weighted by atomic mass is 9.83. The van der Waals surface area contributed by atoms with Crippen LogP contribution in [-0.2, 0) is 28.9 Å². The minimum Gasteiger partial charge on any atom is -0.334 e. The molecule has 1 aromatic carbocycles. The Kier molecular flexibility index (Phi) is 4.17. The van der Waals surface area contributed by atoms with Gasteiger partial charge < -0.3 is 10.2 Å². The van der Waals surface area contributed by atoms with Gasteiger partial charge in [0.05, 0.1) is 5.56 Å². The molecule has 2 atom stereocenters. The number of fused-ring (bicyclic) bond motifs is 1. The van der Waals surface area contributed by atoms with Crippen molar-refractivity contribution in [3.05, 3.63) is 34.9 Å². The second-order valence-electron chi connectivity index (χ2n) is 7.93. The fourth-order valence-corrected chi connectivity index (χ4v) is 4.29. The molecule has 28 heavy (non-hydrogen) atoms. The van der Waals surface area contributed by atoms with Crippen LogP contribution in [0.1, 0.15) is 42.9 Å². The van der Waals surface area contributed by atoms with E-state index in [4.69, 9.17) is 0 Å². The van der Waals surface area contributed by atoms with Gasteiger partial charge in [-0.1, -0.05) is 13.0 Å². The summed E-state index contributed by atoms with van der Waals surface area (Å²) >= 11 is 0. The van der Waals surface area contributed by atoms with Gasteiger partial charge in [-0.15, -0.1) is 0 Å². The van der Waals surface area contributed by atoms with Crippen molar-refractivity contribution in [1.82, 2.24) is 15.5 Å². The molecule has 1 aliphatic carbocycles. The highest BCUT2D eigenvalue weighted by atomic mass is 19.4. The maximum absolute atomic E-state index is 12.9. The van der Waals surface area contributed by atoms with Crippen LogP contribution in [0.3, 0.4) is 0 Å². The topological polar surface area (TPSA) is 78.5 Å². The van der Waals surface area contributed by atoms with Gasteiger partial charge in [-0.2, -0.15) is 13.2 Å². The third kappa shape index (κ3) is 3.12. The number of nitrogens with one attached hydrogen (secondary N) is 2. The van der Waals surface area contributed by atoms with Crippen LogP contribution in [0.15, 0.2) is 18.2 Å². The largest absolute Gasteiger partial charge is 0.416 e. The van der Waals surface area contributed by atoms with E-state index in [0.717, 1.165) is 25.0 Å². The van der Waals surface area contributed by atoms with Crippen molar-refractivity contribution in [3.63, 3.8) is 0 Å². The minimum absolute atomic E-state index is 0.0133. The molecule has 0 bridgehead atoms. The van der Waals surface area contributed by atoms with E-state index < -0.39 is 35.1 Å². The van der Waals surface area contributed by atoms with E-state index in [1.807, 2.05) is 0 Å². The quantitative estimate of drug-likeness (QED) is 0.770. The van der Waals surface area contributed by atoms with Crippen molar-refractivity contribution < 1.29 is 27.6 Å². The lowest BCUT2D eigenvalue weighted by Gasteiger charge is -2.30. The SMILES string of the molecule is C[C@H](C[C@@]1(C2CC2)NC(=O)NC1=O)C(=O)N1Cc2ccc(C(F)(F)F)cc2C1. The average molecular weight is 395 g/mol. The number of benzene rings is 1. The molecule has 0 unspecified atom stereocenters. The lowest BCUT2D eigenvalue weighted by molar-refractivity contribution is -0.138. The van der Waals surface area contributed by atoms with E-state index in [0.29, 0.717) is 11.1 Å². The summed E-state index contributed by atoms with van der Waals surface area (Å²) in [7, 11) is 0. The number of carbonyl (C=O) groups excluding carboxylic acids is 3. The molecule has 2 heterocycles. The van der Waals surface area contributed by atoms with Crippen molar-refractivity contribution in [2.75, 3.05) is 0 Å². The molecule has 0 aromatic heterocycles. The van der Waals surface area contributed by atoms with Crippen LogP contribution >= 0.6 is 0 Å². The lowest BCUT2D eigenvalue weighted by Crippen LogP contribution is -2.51. The molecular formula is C19H20F3N3O3. The van der Waals surface area contributed by atoms with Crippen LogP contribution in [0.2, 0.25) is 0 Å². The van der Waals surface area contributed by atoms with Gasteiger partial charge in [0.25, 0.3) is 5.91 Å². The highest BCUT2D eigenvalue weighted by Gasteiger charge is 2.56. The molecule has 9 heteroatoms. The number of hydrogen-bond acceptors (Lipinski definition) is 3. The van der Waals surface area contributed by atoms with Gasteiger partial charge in [0.2, 0.25) is 5.91 Å². The normalized spacial score (nSPS) is 25.4. The van der Waals surface area contributed by atoms with E-state index in [-0.39, 0.29) is 31.3 Å². The van der Waals surface area contributed by atoms with Crippen molar-refractivity contribution >= 4 is 17.8 Å². The van der Waals surface area contributed by atoms with Gasteiger partial charge in [0, 0.05) is 19.0 Å². The molecule has 4 rings (SSSR count). The summed E-state index contributed by atoms with van der Waals surface area (Å²) in [6.45, 7) is 2.04. The Morgan fingerprint density at radius 2 is 1.93 bits per heavy atom. The van der Waals surface area contributed by atoms with Crippen molar-refractivity contribution in [3.8, 4) is 0 Å². The number of amides is 4.